The SMILES string of the molecule is NCC1CCC1c1cccc(F)c1. The number of hydrogen-bond acceptors (Lipinski definition) is 1. The van der Waals surface area contributed by atoms with E-state index in [1.807, 2.05) is 6.07 Å². The predicted octanol–water partition coefficient (Wildman–Crippen LogP) is 2.28. The molecule has 0 bridgehead atoms. The summed E-state index contributed by atoms with van der Waals surface area (Å²) >= 11 is 0. The Morgan fingerprint density at radius 1 is 1.38 bits per heavy atom. The van der Waals surface area contributed by atoms with E-state index in [4.69, 9.17) is 5.73 Å². The van der Waals surface area contributed by atoms with E-state index < -0.39 is 0 Å². The van der Waals surface area contributed by atoms with Crippen LogP contribution in [0.2, 0.25) is 0 Å². The van der Waals surface area contributed by atoms with Gasteiger partial charge in [0.25, 0.3) is 0 Å². The van der Waals surface area contributed by atoms with Crippen molar-refractivity contribution < 1.29 is 4.39 Å². The Morgan fingerprint density at radius 2 is 2.23 bits per heavy atom. The van der Waals surface area contributed by atoms with Crippen molar-refractivity contribution in [3.8, 4) is 0 Å². The van der Waals surface area contributed by atoms with Crippen molar-refractivity contribution in [2.75, 3.05) is 6.54 Å². The van der Waals surface area contributed by atoms with Crippen LogP contribution in [-0.4, -0.2) is 6.54 Å². The highest BCUT2D eigenvalue weighted by atomic mass is 19.1. The summed E-state index contributed by atoms with van der Waals surface area (Å²) in [6.07, 6.45) is 2.35. The van der Waals surface area contributed by atoms with Crippen LogP contribution in [-0.2, 0) is 0 Å². The van der Waals surface area contributed by atoms with Gasteiger partial charge < -0.3 is 5.73 Å². The first-order chi connectivity index (χ1) is 6.31. The van der Waals surface area contributed by atoms with Crippen LogP contribution < -0.4 is 5.73 Å². The fourth-order valence-electron chi connectivity index (χ4n) is 2.03. The molecule has 2 N–H and O–H groups in total. The molecule has 1 aromatic carbocycles. The molecular weight excluding hydrogens is 165 g/mol. The quantitative estimate of drug-likeness (QED) is 0.740. The number of rotatable bonds is 2. The Balaban J connectivity index is 2.16. The van der Waals surface area contributed by atoms with Crippen LogP contribution in [0.4, 0.5) is 4.39 Å². The summed E-state index contributed by atoms with van der Waals surface area (Å²) in [5, 5.41) is 0. The van der Waals surface area contributed by atoms with Gasteiger partial charge in [0.1, 0.15) is 5.82 Å². The Labute approximate surface area is 77.8 Å². The minimum absolute atomic E-state index is 0.139. The molecule has 0 aromatic heterocycles. The summed E-state index contributed by atoms with van der Waals surface area (Å²) in [5.74, 6) is 0.933. The topological polar surface area (TPSA) is 26.0 Å². The van der Waals surface area contributed by atoms with E-state index in [0.29, 0.717) is 11.8 Å². The molecule has 1 aliphatic rings. The molecule has 1 nitrogen and oxygen atoms in total. The van der Waals surface area contributed by atoms with Gasteiger partial charge in [-0.2, -0.15) is 0 Å². The van der Waals surface area contributed by atoms with Crippen LogP contribution in [0.3, 0.4) is 0 Å². The molecule has 13 heavy (non-hydrogen) atoms. The highest BCUT2D eigenvalue weighted by Crippen LogP contribution is 2.41. The van der Waals surface area contributed by atoms with Crippen LogP contribution in [0.25, 0.3) is 0 Å². The largest absolute Gasteiger partial charge is 0.330 e. The summed E-state index contributed by atoms with van der Waals surface area (Å²) < 4.78 is 12.9. The molecule has 0 radical (unpaired) electrons. The van der Waals surface area contributed by atoms with Crippen molar-refractivity contribution in [2.45, 2.75) is 18.8 Å². The van der Waals surface area contributed by atoms with Gasteiger partial charge >= 0.3 is 0 Å². The van der Waals surface area contributed by atoms with Gasteiger partial charge in [-0.25, -0.2) is 4.39 Å². The molecule has 2 unspecified atom stereocenters. The molecule has 0 saturated heterocycles. The zero-order valence-corrected chi connectivity index (χ0v) is 7.54. The lowest BCUT2D eigenvalue weighted by atomic mass is 9.70. The van der Waals surface area contributed by atoms with Gasteiger partial charge in [0.15, 0.2) is 0 Å². The van der Waals surface area contributed by atoms with E-state index in [9.17, 15) is 4.39 Å². The number of halogens is 1. The highest BCUT2D eigenvalue weighted by Gasteiger charge is 2.30. The molecule has 1 aliphatic carbocycles. The number of benzene rings is 1. The van der Waals surface area contributed by atoms with Crippen LogP contribution >= 0.6 is 0 Å². The molecule has 70 valence electrons. The molecule has 0 heterocycles. The van der Waals surface area contributed by atoms with Gasteiger partial charge in [0, 0.05) is 0 Å². The van der Waals surface area contributed by atoms with Gasteiger partial charge in [-0.15, -0.1) is 0 Å². The van der Waals surface area contributed by atoms with Crippen LogP contribution in [0.1, 0.15) is 24.3 Å². The highest BCUT2D eigenvalue weighted by molar-refractivity contribution is 5.23. The smallest absolute Gasteiger partial charge is 0.123 e. The zero-order chi connectivity index (χ0) is 9.26. The first-order valence-electron chi connectivity index (χ1n) is 4.77. The third-order valence-corrected chi connectivity index (χ3v) is 3.00. The summed E-state index contributed by atoms with van der Waals surface area (Å²) in [4.78, 5) is 0. The molecule has 1 fully saturated rings. The summed E-state index contributed by atoms with van der Waals surface area (Å²) in [6.45, 7) is 0.723. The van der Waals surface area contributed by atoms with Crippen molar-refractivity contribution in [3.63, 3.8) is 0 Å². The van der Waals surface area contributed by atoms with Gasteiger partial charge in [-0.3, -0.25) is 0 Å². The first kappa shape index (κ1) is 8.70. The van der Waals surface area contributed by atoms with E-state index in [2.05, 4.69) is 0 Å². The molecule has 2 heteroatoms. The first-order valence-corrected chi connectivity index (χ1v) is 4.77. The lowest BCUT2D eigenvalue weighted by molar-refractivity contribution is 0.263. The maximum absolute atomic E-state index is 12.9. The predicted molar refractivity (Wildman–Crippen MR) is 50.9 cm³/mol. The molecule has 2 rings (SSSR count). The zero-order valence-electron chi connectivity index (χ0n) is 7.54. The van der Waals surface area contributed by atoms with E-state index in [1.165, 1.54) is 12.5 Å². The Kier molecular flexibility index (Phi) is 2.32. The Hall–Kier alpha value is -0.890. The van der Waals surface area contributed by atoms with E-state index in [1.54, 1.807) is 12.1 Å². The average Bonchev–Trinajstić information content (AvgIpc) is 2.03. The van der Waals surface area contributed by atoms with E-state index in [0.717, 1.165) is 18.5 Å². The van der Waals surface area contributed by atoms with Crippen molar-refractivity contribution in [3.05, 3.63) is 35.6 Å². The van der Waals surface area contributed by atoms with Gasteiger partial charge in [-0.05, 0) is 48.9 Å². The molecule has 0 amide bonds. The standard InChI is InChI=1S/C11H14FN/c12-10-3-1-2-8(6-10)11-5-4-9(11)7-13/h1-3,6,9,11H,4-5,7,13H2. The van der Waals surface area contributed by atoms with Crippen LogP contribution in [0, 0.1) is 11.7 Å². The number of nitrogens with two attached hydrogens (primary N) is 1. The third kappa shape index (κ3) is 1.59. The van der Waals surface area contributed by atoms with E-state index >= 15 is 0 Å². The molecule has 1 saturated carbocycles. The van der Waals surface area contributed by atoms with Crippen molar-refractivity contribution >= 4 is 0 Å². The summed E-state index contributed by atoms with van der Waals surface area (Å²) in [6, 6.07) is 6.89. The van der Waals surface area contributed by atoms with Crippen LogP contribution in [0.15, 0.2) is 24.3 Å². The average molecular weight is 179 g/mol. The van der Waals surface area contributed by atoms with Crippen molar-refractivity contribution in [2.24, 2.45) is 11.7 Å². The monoisotopic (exact) mass is 179 g/mol. The molecular formula is C11H14FN. The Bertz CT molecular complexity index is 296. The minimum atomic E-state index is -0.139. The molecule has 0 spiro atoms. The van der Waals surface area contributed by atoms with Gasteiger partial charge in [-0.1, -0.05) is 12.1 Å². The molecule has 0 aliphatic heterocycles. The van der Waals surface area contributed by atoms with Gasteiger partial charge in [0.2, 0.25) is 0 Å². The normalized spacial score (nSPS) is 26.9. The summed E-state index contributed by atoms with van der Waals surface area (Å²) in [5.41, 5.74) is 6.72. The maximum atomic E-state index is 12.9. The fraction of sp³-hybridized carbons (Fsp3) is 0.455. The lowest BCUT2D eigenvalue weighted by Crippen LogP contribution is -2.30. The van der Waals surface area contributed by atoms with E-state index in [-0.39, 0.29) is 5.82 Å². The number of hydrogen-bond donors (Lipinski definition) is 1. The summed E-state index contributed by atoms with van der Waals surface area (Å²) in [7, 11) is 0. The third-order valence-electron chi connectivity index (χ3n) is 3.00. The minimum Gasteiger partial charge on any atom is -0.330 e. The second-order valence-corrected chi connectivity index (χ2v) is 3.73. The van der Waals surface area contributed by atoms with Crippen molar-refractivity contribution in [1.82, 2.24) is 0 Å². The second-order valence-electron chi connectivity index (χ2n) is 3.73. The molecule has 1 aromatic rings. The fourth-order valence-corrected chi connectivity index (χ4v) is 2.03. The van der Waals surface area contributed by atoms with Crippen molar-refractivity contribution in [1.29, 1.82) is 0 Å². The maximum Gasteiger partial charge on any atom is 0.123 e. The Morgan fingerprint density at radius 3 is 2.77 bits per heavy atom. The van der Waals surface area contributed by atoms with Gasteiger partial charge in [0.05, 0.1) is 0 Å². The second kappa shape index (κ2) is 3.46. The molecule has 2 atom stereocenters. The van der Waals surface area contributed by atoms with Crippen LogP contribution in [0.5, 0.6) is 0 Å². The lowest BCUT2D eigenvalue weighted by Gasteiger charge is -2.36.